The van der Waals surface area contributed by atoms with Crippen molar-refractivity contribution in [2.45, 2.75) is 37.7 Å². The lowest BCUT2D eigenvalue weighted by Crippen LogP contribution is -2.47. The minimum Gasteiger partial charge on any atom is -0.481 e. The van der Waals surface area contributed by atoms with Crippen LogP contribution in [0.3, 0.4) is 0 Å². The van der Waals surface area contributed by atoms with Crippen molar-refractivity contribution in [3.05, 3.63) is 30.6 Å². The number of unbranched alkanes of at least 4 members (excludes halogenated alkanes) is 1. The standard InChI is InChI=1S/C21H27N5O2.C6H8O7/c27-19-17-15-4-5-16(14-15)18(17)20(28)26(19)9-2-1-8-24-10-12-25(13-11-24)21-22-6-3-7-23-21;7-3(8)1-6(13,5(11)12)2-4(9)10/h3-7,15-18H,1-2,8-14H2;13H,1-2H2,(H,7,8)(H,9,10)(H,11,12)/t15-,16+,17+,18-;. The van der Waals surface area contributed by atoms with E-state index in [4.69, 9.17) is 20.4 Å². The van der Waals surface area contributed by atoms with E-state index in [-0.39, 0.29) is 23.7 Å². The highest BCUT2D eigenvalue weighted by atomic mass is 16.4. The van der Waals surface area contributed by atoms with Crippen LogP contribution in [-0.2, 0) is 24.0 Å². The molecule has 222 valence electrons. The van der Waals surface area contributed by atoms with E-state index in [2.05, 4.69) is 31.9 Å². The van der Waals surface area contributed by atoms with Crippen LogP contribution in [-0.4, -0.2) is 115 Å². The fourth-order valence-corrected chi connectivity index (χ4v) is 6.13. The molecule has 41 heavy (non-hydrogen) atoms. The maximum atomic E-state index is 12.7. The second kappa shape index (κ2) is 12.7. The molecule has 14 nitrogen and oxygen atoms in total. The maximum absolute atomic E-state index is 12.7. The van der Waals surface area contributed by atoms with Gasteiger partial charge in [-0.3, -0.25) is 29.0 Å². The number of carbonyl (C=O) groups excluding carboxylic acids is 2. The Morgan fingerprint density at radius 1 is 0.829 bits per heavy atom. The molecule has 3 heterocycles. The van der Waals surface area contributed by atoms with Gasteiger partial charge in [0.1, 0.15) is 0 Å². The largest absolute Gasteiger partial charge is 0.481 e. The molecule has 2 bridgehead atoms. The number of aromatic nitrogens is 2. The predicted molar refractivity (Wildman–Crippen MR) is 141 cm³/mol. The molecule has 4 N–H and O–H groups in total. The second-order valence-corrected chi connectivity index (χ2v) is 10.9. The van der Waals surface area contributed by atoms with Crippen molar-refractivity contribution in [2.24, 2.45) is 23.7 Å². The van der Waals surface area contributed by atoms with Crippen molar-refractivity contribution in [1.82, 2.24) is 19.8 Å². The number of imide groups is 1. The molecule has 2 amide bonds. The zero-order chi connectivity index (χ0) is 29.7. The van der Waals surface area contributed by atoms with E-state index in [0.29, 0.717) is 18.4 Å². The normalized spacial score (nSPS) is 25.2. The molecule has 0 radical (unpaired) electrons. The monoisotopic (exact) mass is 573 g/mol. The number of fused-ring (bicyclic) bond motifs is 5. The highest BCUT2D eigenvalue weighted by Crippen LogP contribution is 2.52. The minimum atomic E-state index is -2.74. The van der Waals surface area contributed by atoms with Gasteiger partial charge in [-0.05, 0) is 43.7 Å². The summed E-state index contributed by atoms with van der Waals surface area (Å²) >= 11 is 0. The highest BCUT2D eigenvalue weighted by Gasteiger charge is 2.58. The van der Waals surface area contributed by atoms with Crippen LogP contribution in [0.25, 0.3) is 0 Å². The first-order valence-electron chi connectivity index (χ1n) is 13.7. The Morgan fingerprint density at radius 2 is 1.34 bits per heavy atom. The Bertz CT molecular complexity index is 1140. The number of nitrogens with zero attached hydrogens (tertiary/aromatic N) is 5. The predicted octanol–water partition coefficient (Wildman–Crippen LogP) is -0.0626. The SMILES string of the molecule is O=C(O)CC(O)(CC(=O)O)C(=O)O.O=C1[C@@H]2[C@H](C(=O)N1CCCCN1CCN(c3ncccn3)CC1)[C@H]1C=C[C@@H]2C1. The third kappa shape index (κ3) is 6.88. The van der Waals surface area contributed by atoms with Crippen LogP contribution in [0.4, 0.5) is 5.95 Å². The zero-order valence-electron chi connectivity index (χ0n) is 22.5. The van der Waals surface area contributed by atoms with Gasteiger partial charge in [0.25, 0.3) is 0 Å². The summed E-state index contributed by atoms with van der Waals surface area (Å²) in [5.74, 6) is -3.54. The van der Waals surface area contributed by atoms with Crippen molar-refractivity contribution in [2.75, 3.05) is 44.2 Å². The summed E-state index contributed by atoms with van der Waals surface area (Å²) in [6, 6.07) is 1.84. The van der Waals surface area contributed by atoms with Crippen molar-refractivity contribution in [1.29, 1.82) is 0 Å². The summed E-state index contributed by atoms with van der Waals surface area (Å²) in [7, 11) is 0. The fraction of sp³-hybridized carbons (Fsp3) is 0.593. The van der Waals surface area contributed by atoms with Gasteiger partial charge in [-0.2, -0.15) is 0 Å². The Labute approximate surface area is 236 Å². The first kappa shape index (κ1) is 30.1. The van der Waals surface area contributed by atoms with Crippen molar-refractivity contribution in [3.63, 3.8) is 0 Å². The quantitative estimate of drug-likeness (QED) is 0.156. The number of rotatable bonds is 11. The zero-order valence-corrected chi connectivity index (χ0v) is 22.5. The third-order valence-electron chi connectivity index (χ3n) is 8.16. The Morgan fingerprint density at radius 3 is 1.83 bits per heavy atom. The van der Waals surface area contributed by atoms with Gasteiger partial charge >= 0.3 is 17.9 Å². The minimum absolute atomic E-state index is 0.0595. The Balaban J connectivity index is 0.000000254. The topological polar surface area (TPSA) is 202 Å². The molecular formula is C27H35N5O9. The Hall–Kier alpha value is -3.91. The number of aliphatic carboxylic acids is 3. The average Bonchev–Trinajstić information content (AvgIpc) is 3.61. The van der Waals surface area contributed by atoms with Gasteiger partial charge in [-0.25, -0.2) is 14.8 Å². The smallest absolute Gasteiger partial charge is 0.336 e. The van der Waals surface area contributed by atoms with Gasteiger partial charge in [0, 0.05) is 45.1 Å². The summed E-state index contributed by atoms with van der Waals surface area (Å²) in [6.07, 6.45) is 8.49. The number of carboxylic acids is 3. The van der Waals surface area contributed by atoms with Crippen LogP contribution >= 0.6 is 0 Å². The van der Waals surface area contributed by atoms with E-state index in [1.165, 1.54) is 0 Å². The van der Waals surface area contributed by atoms with Crippen LogP contribution in [0.1, 0.15) is 32.1 Å². The third-order valence-corrected chi connectivity index (χ3v) is 8.16. The summed E-state index contributed by atoms with van der Waals surface area (Å²) in [4.78, 5) is 70.8. The molecule has 4 aliphatic rings. The van der Waals surface area contributed by atoms with Gasteiger partial charge in [0.2, 0.25) is 17.8 Å². The first-order chi connectivity index (χ1) is 19.5. The van der Waals surface area contributed by atoms with Crippen molar-refractivity contribution in [3.8, 4) is 0 Å². The molecule has 1 aromatic heterocycles. The van der Waals surface area contributed by atoms with E-state index < -0.39 is 36.4 Å². The van der Waals surface area contributed by atoms with E-state index in [1.54, 1.807) is 17.3 Å². The summed E-state index contributed by atoms with van der Waals surface area (Å²) < 4.78 is 0. The number of aliphatic hydroxyl groups is 1. The van der Waals surface area contributed by atoms with Crippen molar-refractivity contribution < 1.29 is 44.4 Å². The highest BCUT2D eigenvalue weighted by molar-refractivity contribution is 6.06. The van der Waals surface area contributed by atoms with E-state index in [0.717, 1.165) is 57.9 Å². The molecule has 0 unspecified atom stereocenters. The van der Waals surface area contributed by atoms with Crippen LogP contribution in [0.5, 0.6) is 0 Å². The number of allylic oxidation sites excluding steroid dienone is 2. The number of likely N-dealkylation sites (tertiary alicyclic amines) is 1. The number of carboxylic acid groups (broad SMARTS) is 3. The molecule has 2 saturated heterocycles. The summed E-state index contributed by atoms with van der Waals surface area (Å²) in [5, 5.41) is 33.8. The number of piperazine rings is 1. The van der Waals surface area contributed by atoms with Crippen molar-refractivity contribution >= 4 is 35.7 Å². The van der Waals surface area contributed by atoms with Gasteiger partial charge in [0.05, 0.1) is 24.7 Å². The molecule has 2 aliphatic heterocycles. The van der Waals surface area contributed by atoms with E-state index >= 15 is 0 Å². The fourth-order valence-electron chi connectivity index (χ4n) is 6.13. The molecule has 1 saturated carbocycles. The van der Waals surface area contributed by atoms with Gasteiger partial charge in [-0.1, -0.05) is 12.2 Å². The van der Waals surface area contributed by atoms with Crippen LogP contribution in [0, 0.1) is 23.7 Å². The molecule has 1 aromatic rings. The molecule has 14 heteroatoms. The van der Waals surface area contributed by atoms with Crippen LogP contribution in [0.15, 0.2) is 30.6 Å². The lowest BCUT2D eigenvalue weighted by Gasteiger charge is -2.34. The molecule has 2 aliphatic carbocycles. The first-order valence-corrected chi connectivity index (χ1v) is 13.7. The number of hydrogen-bond donors (Lipinski definition) is 4. The lowest BCUT2D eigenvalue weighted by molar-refractivity contribution is -0.170. The number of hydrogen-bond acceptors (Lipinski definition) is 10. The molecule has 3 fully saturated rings. The molecule has 0 aromatic carbocycles. The van der Waals surface area contributed by atoms with E-state index in [9.17, 15) is 24.0 Å². The Kier molecular flexibility index (Phi) is 9.33. The van der Waals surface area contributed by atoms with Gasteiger partial charge < -0.3 is 25.3 Å². The second-order valence-electron chi connectivity index (χ2n) is 10.9. The molecule has 0 spiro atoms. The number of anilines is 1. The molecular weight excluding hydrogens is 538 g/mol. The van der Waals surface area contributed by atoms with Crippen LogP contribution in [0.2, 0.25) is 0 Å². The summed E-state index contributed by atoms with van der Waals surface area (Å²) in [6.45, 7) is 5.47. The molecule has 4 atom stereocenters. The van der Waals surface area contributed by atoms with Gasteiger partial charge in [-0.15, -0.1) is 0 Å². The van der Waals surface area contributed by atoms with Gasteiger partial charge in [0.15, 0.2) is 5.60 Å². The maximum Gasteiger partial charge on any atom is 0.336 e. The van der Waals surface area contributed by atoms with E-state index in [1.807, 2.05) is 6.07 Å². The summed E-state index contributed by atoms with van der Waals surface area (Å²) in [5.41, 5.74) is -2.74. The number of amides is 2. The number of carbonyl (C=O) groups is 5. The average molecular weight is 574 g/mol. The lowest BCUT2D eigenvalue weighted by atomic mass is 9.85. The molecule has 5 rings (SSSR count). The van der Waals surface area contributed by atoms with Crippen LogP contribution < -0.4 is 4.90 Å².